The number of rotatable bonds is 4. The van der Waals surface area contributed by atoms with E-state index in [1.807, 2.05) is 24.3 Å². The molecule has 0 unspecified atom stereocenters. The average molecular weight is 280 g/mol. The third-order valence-corrected chi connectivity index (χ3v) is 3.14. The molecule has 0 spiro atoms. The predicted octanol–water partition coefficient (Wildman–Crippen LogP) is 4.30. The molecule has 2 aromatic carbocycles. The van der Waals surface area contributed by atoms with Crippen molar-refractivity contribution in [1.29, 1.82) is 0 Å². The van der Waals surface area contributed by atoms with Crippen molar-refractivity contribution in [3.8, 4) is 11.1 Å². The maximum absolute atomic E-state index is 12.5. The number of alkyl halides is 3. The van der Waals surface area contributed by atoms with Crippen molar-refractivity contribution in [1.82, 2.24) is 0 Å². The fourth-order valence-corrected chi connectivity index (χ4v) is 2.13. The number of benzene rings is 2. The van der Waals surface area contributed by atoms with Crippen LogP contribution in [-0.2, 0) is 12.6 Å². The van der Waals surface area contributed by atoms with Crippen molar-refractivity contribution in [3.63, 3.8) is 0 Å². The Morgan fingerprint density at radius 2 is 1.55 bits per heavy atom. The largest absolute Gasteiger partial charge is 0.416 e. The minimum atomic E-state index is -4.31. The van der Waals surface area contributed by atoms with Gasteiger partial charge in [-0.1, -0.05) is 36.4 Å². The first kappa shape index (κ1) is 14.6. The summed E-state index contributed by atoms with van der Waals surface area (Å²) in [6.45, 7) is 0.0986. The van der Waals surface area contributed by atoms with Crippen molar-refractivity contribution >= 4 is 0 Å². The Bertz CT molecular complexity index is 559. The van der Waals surface area contributed by atoms with E-state index in [4.69, 9.17) is 5.11 Å². The first-order valence-corrected chi connectivity index (χ1v) is 6.39. The molecule has 0 saturated heterocycles. The van der Waals surface area contributed by atoms with E-state index in [1.165, 1.54) is 12.1 Å². The Balaban J connectivity index is 2.32. The molecule has 0 radical (unpaired) electrons. The number of aryl methyl sites for hydroxylation is 1. The van der Waals surface area contributed by atoms with E-state index < -0.39 is 11.7 Å². The standard InChI is InChI=1S/C16H15F3O/c17-16(18,19)14-9-7-13(8-10-14)15-6-2-1-4-12(15)5-3-11-20/h1-2,4,6-10,20H,3,5,11H2. The maximum atomic E-state index is 12.5. The Kier molecular flexibility index (Phi) is 4.45. The molecule has 0 bridgehead atoms. The summed E-state index contributed by atoms with van der Waals surface area (Å²) < 4.78 is 37.6. The molecule has 0 aliphatic heterocycles. The molecule has 1 nitrogen and oxygen atoms in total. The fraction of sp³-hybridized carbons (Fsp3) is 0.250. The highest BCUT2D eigenvalue weighted by atomic mass is 19.4. The van der Waals surface area contributed by atoms with Gasteiger partial charge in [-0.05, 0) is 41.7 Å². The summed E-state index contributed by atoms with van der Waals surface area (Å²) in [5.41, 5.74) is 2.05. The second kappa shape index (κ2) is 6.09. The molecule has 0 saturated carbocycles. The van der Waals surface area contributed by atoms with Crippen LogP contribution in [0.1, 0.15) is 17.5 Å². The molecule has 0 aliphatic carbocycles. The van der Waals surface area contributed by atoms with E-state index in [1.54, 1.807) is 0 Å². The van der Waals surface area contributed by atoms with E-state index in [2.05, 4.69) is 0 Å². The molecule has 0 atom stereocenters. The predicted molar refractivity (Wildman–Crippen MR) is 72.3 cm³/mol. The SMILES string of the molecule is OCCCc1ccccc1-c1ccc(C(F)(F)F)cc1. The van der Waals surface area contributed by atoms with Gasteiger partial charge in [-0.15, -0.1) is 0 Å². The first-order chi connectivity index (χ1) is 9.52. The summed E-state index contributed by atoms with van der Waals surface area (Å²) in [6.07, 6.45) is -2.97. The zero-order valence-corrected chi connectivity index (χ0v) is 10.8. The van der Waals surface area contributed by atoms with Crippen LogP contribution in [0.25, 0.3) is 11.1 Å². The van der Waals surface area contributed by atoms with Crippen LogP contribution in [0.15, 0.2) is 48.5 Å². The van der Waals surface area contributed by atoms with Crippen LogP contribution in [-0.4, -0.2) is 11.7 Å². The van der Waals surface area contributed by atoms with Gasteiger partial charge in [-0.25, -0.2) is 0 Å². The molecule has 1 N–H and O–H groups in total. The number of halogens is 3. The Morgan fingerprint density at radius 3 is 2.15 bits per heavy atom. The van der Waals surface area contributed by atoms with Gasteiger partial charge >= 0.3 is 6.18 Å². The molecule has 2 rings (SSSR count). The highest BCUT2D eigenvalue weighted by Gasteiger charge is 2.29. The summed E-state index contributed by atoms with van der Waals surface area (Å²) in [5, 5.41) is 8.89. The van der Waals surface area contributed by atoms with Gasteiger partial charge in [0.1, 0.15) is 0 Å². The minimum absolute atomic E-state index is 0.0986. The van der Waals surface area contributed by atoms with E-state index in [9.17, 15) is 13.2 Å². The summed E-state index contributed by atoms with van der Waals surface area (Å²) >= 11 is 0. The van der Waals surface area contributed by atoms with Gasteiger partial charge in [0.05, 0.1) is 5.56 Å². The zero-order valence-electron chi connectivity index (χ0n) is 10.8. The lowest BCUT2D eigenvalue weighted by molar-refractivity contribution is -0.137. The highest BCUT2D eigenvalue weighted by molar-refractivity contribution is 5.67. The second-order valence-corrected chi connectivity index (χ2v) is 4.56. The fourth-order valence-electron chi connectivity index (χ4n) is 2.13. The molecule has 2 aromatic rings. The molecule has 0 aromatic heterocycles. The average Bonchev–Trinajstić information content (AvgIpc) is 2.45. The lowest BCUT2D eigenvalue weighted by atomic mass is 9.96. The van der Waals surface area contributed by atoms with Crippen molar-refractivity contribution in [2.45, 2.75) is 19.0 Å². The highest BCUT2D eigenvalue weighted by Crippen LogP contribution is 2.32. The van der Waals surface area contributed by atoms with Gasteiger partial charge in [0.2, 0.25) is 0 Å². The zero-order chi connectivity index (χ0) is 14.6. The van der Waals surface area contributed by atoms with Crippen LogP contribution in [0.5, 0.6) is 0 Å². The Labute approximate surface area is 115 Å². The first-order valence-electron chi connectivity index (χ1n) is 6.39. The van der Waals surface area contributed by atoms with E-state index in [0.717, 1.165) is 28.8 Å². The van der Waals surface area contributed by atoms with E-state index in [-0.39, 0.29) is 6.61 Å². The minimum Gasteiger partial charge on any atom is -0.396 e. The van der Waals surface area contributed by atoms with Gasteiger partial charge in [0, 0.05) is 6.61 Å². The number of hydrogen-bond donors (Lipinski definition) is 1. The maximum Gasteiger partial charge on any atom is 0.416 e. The van der Waals surface area contributed by atoms with Gasteiger partial charge < -0.3 is 5.11 Å². The third-order valence-electron chi connectivity index (χ3n) is 3.14. The molecule has 0 heterocycles. The Hall–Kier alpha value is -1.81. The normalized spacial score (nSPS) is 11.6. The van der Waals surface area contributed by atoms with Crippen molar-refractivity contribution in [2.24, 2.45) is 0 Å². The number of aliphatic hydroxyl groups is 1. The molecular weight excluding hydrogens is 265 g/mol. The van der Waals surface area contributed by atoms with E-state index >= 15 is 0 Å². The van der Waals surface area contributed by atoms with Crippen molar-refractivity contribution in [3.05, 3.63) is 59.7 Å². The summed E-state index contributed by atoms with van der Waals surface area (Å²) in [6, 6.07) is 12.7. The van der Waals surface area contributed by atoms with Gasteiger partial charge in [0.15, 0.2) is 0 Å². The molecule has 0 amide bonds. The molecular formula is C16H15F3O. The van der Waals surface area contributed by atoms with Crippen LogP contribution in [0.4, 0.5) is 13.2 Å². The van der Waals surface area contributed by atoms with Gasteiger partial charge in [-0.2, -0.15) is 13.2 Å². The number of hydrogen-bond acceptors (Lipinski definition) is 1. The van der Waals surface area contributed by atoms with Crippen LogP contribution in [0.2, 0.25) is 0 Å². The number of aliphatic hydroxyl groups excluding tert-OH is 1. The monoisotopic (exact) mass is 280 g/mol. The molecule has 0 aliphatic rings. The Morgan fingerprint density at radius 1 is 0.900 bits per heavy atom. The van der Waals surface area contributed by atoms with Crippen LogP contribution < -0.4 is 0 Å². The van der Waals surface area contributed by atoms with Crippen molar-refractivity contribution in [2.75, 3.05) is 6.61 Å². The molecule has 106 valence electrons. The van der Waals surface area contributed by atoms with Crippen LogP contribution >= 0.6 is 0 Å². The lowest BCUT2D eigenvalue weighted by Gasteiger charge is -2.11. The van der Waals surface area contributed by atoms with Crippen molar-refractivity contribution < 1.29 is 18.3 Å². The second-order valence-electron chi connectivity index (χ2n) is 4.56. The molecule has 20 heavy (non-hydrogen) atoms. The molecule has 4 heteroatoms. The molecule has 0 fully saturated rings. The summed E-state index contributed by atoms with van der Waals surface area (Å²) in [4.78, 5) is 0. The lowest BCUT2D eigenvalue weighted by Crippen LogP contribution is -2.04. The summed E-state index contributed by atoms with van der Waals surface area (Å²) in [5.74, 6) is 0. The summed E-state index contributed by atoms with van der Waals surface area (Å²) in [7, 11) is 0. The topological polar surface area (TPSA) is 20.2 Å². The van der Waals surface area contributed by atoms with Gasteiger partial charge in [-0.3, -0.25) is 0 Å². The smallest absolute Gasteiger partial charge is 0.396 e. The quantitative estimate of drug-likeness (QED) is 0.885. The van der Waals surface area contributed by atoms with E-state index in [0.29, 0.717) is 12.8 Å². The van der Waals surface area contributed by atoms with Gasteiger partial charge in [0.25, 0.3) is 0 Å². The van der Waals surface area contributed by atoms with Crippen LogP contribution in [0, 0.1) is 0 Å². The van der Waals surface area contributed by atoms with Crippen LogP contribution in [0.3, 0.4) is 0 Å². The third kappa shape index (κ3) is 3.39.